The zero-order valence-electron chi connectivity index (χ0n) is 8.39. The Morgan fingerprint density at radius 2 is 2.07 bits per heavy atom. The number of pyridine rings is 2. The number of nitrogens with zero attached hydrogens (tertiary/aromatic N) is 2. The second kappa shape index (κ2) is 4.75. The van der Waals surface area contributed by atoms with Crippen LogP contribution in [0.5, 0.6) is 0 Å². The molecule has 0 atom stereocenters. The van der Waals surface area contributed by atoms with Crippen molar-refractivity contribution < 1.29 is 17.0 Å². The van der Waals surface area contributed by atoms with Gasteiger partial charge in [-0.1, -0.05) is 6.07 Å². The third kappa shape index (κ3) is 2.44. The highest BCUT2D eigenvalue weighted by Crippen LogP contribution is 2.06. The molecule has 4 heteroatoms. The van der Waals surface area contributed by atoms with E-state index >= 15 is 0 Å². The molecule has 0 saturated heterocycles. The number of nitrogen functional groups attached to an aromatic ring is 1. The van der Waals surface area contributed by atoms with Gasteiger partial charge in [-0.15, -0.1) is 0 Å². The molecule has 0 amide bonds. The minimum absolute atomic E-state index is 0. The number of hydrogen-bond donors (Lipinski definition) is 1. The van der Waals surface area contributed by atoms with Crippen molar-refractivity contribution >= 4 is 5.69 Å². The normalized spacial score (nSPS) is 9.40. The number of aromatic nitrogens is 2. The summed E-state index contributed by atoms with van der Waals surface area (Å²) in [5.41, 5.74) is 7.68. The van der Waals surface area contributed by atoms with Gasteiger partial charge in [0.1, 0.15) is 11.9 Å². The predicted molar refractivity (Wildman–Crippen MR) is 54.9 cm³/mol. The molecule has 2 N–H and O–H groups in total. The van der Waals surface area contributed by atoms with Crippen LogP contribution in [0.1, 0.15) is 5.56 Å². The largest absolute Gasteiger partial charge is 1.00 e. The van der Waals surface area contributed by atoms with Gasteiger partial charge in [-0.05, 0) is 35.7 Å². The molecule has 0 aliphatic rings. The Hall–Kier alpha value is -1.61. The van der Waals surface area contributed by atoms with Crippen LogP contribution < -0.4 is 22.7 Å². The van der Waals surface area contributed by atoms with Crippen LogP contribution in [-0.4, -0.2) is 4.98 Å². The summed E-state index contributed by atoms with van der Waals surface area (Å²) in [5.74, 6) is 0.774. The SMILES string of the molecule is Cc1ccc[n+](-c2ncccc2N)c1.[Cl-]. The molecule has 0 spiro atoms. The van der Waals surface area contributed by atoms with Gasteiger partial charge >= 0.3 is 5.82 Å². The van der Waals surface area contributed by atoms with Crippen LogP contribution in [0.3, 0.4) is 0 Å². The van der Waals surface area contributed by atoms with Crippen LogP contribution in [0, 0.1) is 6.92 Å². The monoisotopic (exact) mass is 221 g/mol. The maximum absolute atomic E-state index is 5.82. The van der Waals surface area contributed by atoms with E-state index in [1.54, 1.807) is 6.20 Å². The molecular formula is C11H12ClN3. The summed E-state index contributed by atoms with van der Waals surface area (Å²) in [6.07, 6.45) is 5.67. The van der Waals surface area contributed by atoms with Gasteiger partial charge in [-0.2, -0.15) is 0 Å². The van der Waals surface area contributed by atoms with Crippen LogP contribution in [0.4, 0.5) is 5.69 Å². The first kappa shape index (κ1) is 11.5. The van der Waals surface area contributed by atoms with Crippen molar-refractivity contribution in [1.82, 2.24) is 4.98 Å². The third-order valence-corrected chi connectivity index (χ3v) is 2.01. The lowest BCUT2D eigenvalue weighted by atomic mass is 10.3. The van der Waals surface area contributed by atoms with Crippen LogP contribution in [0.15, 0.2) is 42.9 Å². The zero-order chi connectivity index (χ0) is 9.97. The lowest BCUT2D eigenvalue weighted by molar-refractivity contribution is -0.599. The quantitative estimate of drug-likeness (QED) is 0.581. The summed E-state index contributed by atoms with van der Waals surface area (Å²) in [6.45, 7) is 2.04. The van der Waals surface area contributed by atoms with Crippen molar-refractivity contribution in [2.75, 3.05) is 5.73 Å². The molecule has 0 aliphatic carbocycles. The molecular weight excluding hydrogens is 210 g/mol. The zero-order valence-corrected chi connectivity index (χ0v) is 9.15. The van der Waals surface area contributed by atoms with Gasteiger partial charge in [0.25, 0.3) is 0 Å². The first-order chi connectivity index (χ1) is 6.77. The molecule has 2 rings (SSSR count). The van der Waals surface area contributed by atoms with Gasteiger partial charge in [0.05, 0.1) is 12.4 Å². The number of nitrogens with two attached hydrogens (primary N) is 1. The van der Waals surface area contributed by atoms with Gasteiger partial charge in [0.2, 0.25) is 0 Å². The topological polar surface area (TPSA) is 42.8 Å². The van der Waals surface area contributed by atoms with E-state index < -0.39 is 0 Å². The highest BCUT2D eigenvalue weighted by Gasteiger charge is 2.10. The molecule has 2 heterocycles. The first-order valence-electron chi connectivity index (χ1n) is 4.46. The van der Waals surface area contributed by atoms with Gasteiger partial charge in [-0.25, -0.2) is 4.57 Å². The number of halogens is 1. The van der Waals surface area contributed by atoms with Gasteiger partial charge in [0.15, 0.2) is 0 Å². The fourth-order valence-corrected chi connectivity index (χ4v) is 1.35. The standard InChI is InChI=1S/C11H12N3.ClH/c1-9-4-3-7-14(8-9)11-10(12)5-2-6-13-11;/h2-8H,12H2,1H3;1H/q+1;/p-1. The van der Waals surface area contributed by atoms with Crippen molar-refractivity contribution in [1.29, 1.82) is 0 Å². The minimum Gasteiger partial charge on any atom is -1.00 e. The maximum Gasteiger partial charge on any atom is 0.350 e. The van der Waals surface area contributed by atoms with E-state index in [1.807, 2.05) is 48.1 Å². The Morgan fingerprint density at radius 1 is 1.27 bits per heavy atom. The van der Waals surface area contributed by atoms with E-state index in [-0.39, 0.29) is 12.4 Å². The number of hydrogen-bond acceptors (Lipinski definition) is 2. The van der Waals surface area contributed by atoms with Crippen molar-refractivity contribution in [2.45, 2.75) is 6.92 Å². The molecule has 0 saturated carbocycles. The van der Waals surface area contributed by atoms with Gasteiger partial charge < -0.3 is 18.1 Å². The molecule has 15 heavy (non-hydrogen) atoms. The minimum atomic E-state index is 0. The van der Waals surface area contributed by atoms with Crippen LogP contribution in [0.25, 0.3) is 5.82 Å². The fraction of sp³-hybridized carbons (Fsp3) is 0.0909. The number of aryl methyl sites for hydroxylation is 1. The van der Waals surface area contributed by atoms with Crippen LogP contribution in [0.2, 0.25) is 0 Å². The molecule has 2 aromatic rings. The fourth-order valence-electron chi connectivity index (χ4n) is 1.35. The molecule has 0 aliphatic heterocycles. The average molecular weight is 222 g/mol. The summed E-state index contributed by atoms with van der Waals surface area (Å²) < 4.78 is 1.92. The highest BCUT2D eigenvalue weighted by atomic mass is 35.5. The Morgan fingerprint density at radius 3 is 2.73 bits per heavy atom. The average Bonchev–Trinajstić information content (AvgIpc) is 2.18. The number of rotatable bonds is 1. The predicted octanol–water partition coefficient (Wildman–Crippen LogP) is -1.75. The van der Waals surface area contributed by atoms with Crippen LogP contribution in [-0.2, 0) is 0 Å². The van der Waals surface area contributed by atoms with Gasteiger partial charge in [0, 0.05) is 0 Å². The summed E-state index contributed by atoms with van der Waals surface area (Å²) in [5, 5.41) is 0. The number of anilines is 1. The molecule has 3 nitrogen and oxygen atoms in total. The van der Waals surface area contributed by atoms with E-state index in [4.69, 9.17) is 5.73 Å². The Balaban J connectivity index is 0.00000112. The van der Waals surface area contributed by atoms with Crippen LogP contribution >= 0.6 is 0 Å². The van der Waals surface area contributed by atoms with E-state index in [9.17, 15) is 0 Å². The molecule has 0 unspecified atom stereocenters. The molecule has 0 fully saturated rings. The summed E-state index contributed by atoms with van der Waals surface area (Å²) in [7, 11) is 0. The Kier molecular flexibility index (Phi) is 3.63. The Bertz CT molecular complexity index is 457. The molecule has 0 aromatic carbocycles. The third-order valence-electron chi connectivity index (χ3n) is 2.01. The van der Waals surface area contributed by atoms with Gasteiger partial charge in [-0.3, -0.25) is 0 Å². The Labute approximate surface area is 95.0 Å². The first-order valence-corrected chi connectivity index (χ1v) is 4.46. The summed E-state index contributed by atoms with van der Waals surface area (Å²) in [4.78, 5) is 4.23. The summed E-state index contributed by atoms with van der Waals surface area (Å²) in [6, 6.07) is 7.69. The van der Waals surface area contributed by atoms with Crippen molar-refractivity contribution in [3.8, 4) is 5.82 Å². The molecule has 78 valence electrons. The molecule has 0 radical (unpaired) electrons. The van der Waals surface area contributed by atoms with Crippen molar-refractivity contribution in [3.63, 3.8) is 0 Å². The molecule has 2 aromatic heterocycles. The lowest BCUT2D eigenvalue weighted by Gasteiger charge is -1.98. The maximum atomic E-state index is 5.82. The smallest absolute Gasteiger partial charge is 0.350 e. The summed E-state index contributed by atoms with van der Waals surface area (Å²) >= 11 is 0. The van der Waals surface area contributed by atoms with E-state index in [2.05, 4.69) is 4.98 Å². The molecule has 0 bridgehead atoms. The van der Waals surface area contributed by atoms with E-state index in [0.29, 0.717) is 5.69 Å². The van der Waals surface area contributed by atoms with E-state index in [0.717, 1.165) is 5.82 Å². The second-order valence-electron chi connectivity index (χ2n) is 3.20. The van der Waals surface area contributed by atoms with Crippen molar-refractivity contribution in [2.24, 2.45) is 0 Å². The van der Waals surface area contributed by atoms with Crippen molar-refractivity contribution in [3.05, 3.63) is 48.4 Å². The highest BCUT2D eigenvalue weighted by molar-refractivity contribution is 5.47. The van der Waals surface area contributed by atoms with E-state index in [1.165, 1.54) is 5.56 Å². The lowest BCUT2D eigenvalue weighted by Crippen LogP contribution is -3.00. The second-order valence-corrected chi connectivity index (χ2v) is 3.20.